The molecule has 1 amide bonds. The van der Waals surface area contributed by atoms with Crippen molar-refractivity contribution in [3.63, 3.8) is 0 Å². The van der Waals surface area contributed by atoms with E-state index in [1.54, 1.807) is 24.0 Å². The number of aryl methyl sites for hydroxylation is 1. The van der Waals surface area contributed by atoms with Gasteiger partial charge in [-0.2, -0.15) is 0 Å². The number of carbonyl (C=O) groups is 1. The summed E-state index contributed by atoms with van der Waals surface area (Å²) in [6.07, 6.45) is 1.17. The van der Waals surface area contributed by atoms with Crippen molar-refractivity contribution >= 4 is 5.91 Å². The third kappa shape index (κ3) is 3.03. The number of nitrogens with one attached hydrogen (secondary N) is 1. The maximum Gasteiger partial charge on any atom is 0.256 e. The molecule has 2 aromatic rings. The Morgan fingerprint density at radius 1 is 1.35 bits per heavy atom. The number of aromatic nitrogens is 1. The summed E-state index contributed by atoms with van der Waals surface area (Å²) in [5.41, 5.74) is 1.48. The molecule has 6 heteroatoms. The molecule has 5 nitrogen and oxygen atoms in total. The molecule has 2 N–H and O–H groups in total. The molecule has 1 saturated heterocycles. The van der Waals surface area contributed by atoms with Gasteiger partial charge in [-0.25, -0.2) is 4.39 Å². The van der Waals surface area contributed by atoms with Crippen LogP contribution in [0.5, 0.6) is 0 Å². The molecule has 1 aliphatic heterocycles. The number of hydrogen-bond acceptors (Lipinski definition) is 3. The van der Waals surface area contributed by atoms with Crippen LogP contribution in [0.3, 0.4) is 0 Å². The van der Waals surface area contributed by atoms with Gasteiger partial charge in [0.15, 0.2) is 0 Å². The van der Waals surface area contributed by atoms with Gasteiger partial charge in [0, 0.05) is 18.8 Å². The fraction of sp³-hybridized carbons (Fsp3) is 0.294. The van der Waals surface area contributed by atoms with Crippen molar-refractivity contribution in [1.29, 1.82) is 0 Å². The van der Waals surface area contributed by atoms with Crippen LogP contribution in [0.1, 0.15) is 33.9 Å². The summed E-state index contributed by atoms with van der Waals surface area (Å²) in [6.45, 7) is 1.90. The monoisotopic (exact) mass is 316 g/mol. The molecule has 2 unspecified atom stereocenters. The fourth-order valence-electron chi connectivity index (χ4n) is 3.00. The molecular weight excluding hydrogens is 299 g/mol. The van der Waals surface area contributed by atoms with Crippen molar-refractivity contribution in [2.45, 2.75) is 25.5 Å². The average molecular weight is 316 g/mol. The van der Waals surface area contributed by atoms with Gasteiger partial charge in [0.05, 0.1) is 17.7 Å². The number of H-pyrrole nitrogens is 1. The molecular formula is C17H17FN2O3. The highest BCUT2D eigenvalue weighted by Crippen LogP contribution is 2.33. The number of amides is 1. The number of pyridine rings is 1. The number of benzene rings is 1. The molecule has 2 atom stereocenters. The number of aromatic amines is 1. The number of likely N-dealkylation sites (tertiary alicyclic amines) is 1. The van der Waals surface area contributed by atoms with Gasteiger partial charge in [-0.3, -0.25) is 9.59 Å². The van der Waals surface area contributed by atoms with Crippen LogP contribution < -0.4 is 5.56 Å². The number of halogens is 1. The maximum atomic E-state index is 13.1. The Kier molecular flexibility index (Phi) is 4.00. The van der Waals surface area contributed by atoms with E-state index in [9.17, 15) is 19.1 Å². The highest BCUT2D eigenvalue weighted by atomic mass is 19.1. The van der Waals surface area contributed by atoms with Crippen molar-refractivity contribution in [3.8, 4) is 0 Å². The zero-order valence-corrected chi connectivity index (χ0v) is 12.6. The second kappa shape index (κ2) is 5.96. The van der Waals surface area contributed by atoms with Crippen molar-refractivity contribution < 1.29 is 14.3 Å². The van der Waals surface area contributed by atoms with Crippen LogP contribution >= 0.6 is 0 Å². The summed E-state index contributed by atoms with van der Waals surface area (Å²) in [5, 5.41) is 9.97. The standard InChI is InChI=1S/C17H17FN2O3/c1-10-6-16(22)19-8-14(10)17(23)20-9-13(21)7-15(20)11-2-4-12(18)5-3-11/h2-6,8,13,15,21H,7,9H2,1H3,(H,19,22). The zero-order valence-electron chi connectivity index (χ0n) is 12.6. The van der Waals surface area contributed by atoms with Gasteiger partial charge in [0.2, 0.25) is 5.56 Å². The first-order valence-corrected chi connectivity index (χ1v) is 7.39. The maximum absolute atomic E-state index is 13.1. The quantitative estimate of drug-likeness (QED) is 0.887. The molecule has 120 valence electrons. The topological polar surface area (TPSA) is 73.4 Å². The average Bonchev–Trinajstić information content (AvgIpc) is 2.89. The van der Waals surface area contributed by atoms with E-state index in [1.807, 2.05) is 0 Å². The Morgan fingerprint density at radius 3 is 2.70 bits per heavy atom. The predicted molar refractivity (Wildman–Crippen MR) is 82.6 cm³/mol. The van der Waals surface area contributed by atoms with Crippen molar-refractivity contribution in [2.75, 3.05) is 6.54 Å². The summed E-state index contributed by atoms with van der Waals surface area (Å²) in [6, 6.07) is 6.98. The van der Waals surface area contributed by atoms with Gasteiger partial charge in [0.1, 0.15) is 5.82 Å². The summed E-state index contributed by atoms with van der Waals surface area (Å²) in [5.74, 6) is -0.605. The lowest BCUT2D eigenvalue weighted by atomic mass is 10.0. The number of β-amino-alcohol motifs (C(OH)–C–C–N with tert-alkyl or cyclic N) is 1. The molecule has 0 spiro atoms. The highest BCUT2D eigenvalue weighted by Gasteiger charge is 2.36. The second-order valence-corrected chi connectivity index (χ2v) is 5.81. The van der Waals surface area contributed by atoms with Crippen molar-refractivity contribution in [1.82, 2.24) is 9.88 Å². The minimum atomic E-state index is -0.628. The van der Waals surface area contributed by atoms with E-state index in [2.05, 4.69) is 4.98 Å². The molecule has 0 bridgehead atoms. The van der Waals surface area contributed by atoms with Gasteiger partial charge in [-0.15, -0.1) is 0 Å². The van der Waals surface area contributed by atoms with E-state index in [0.29, 0.717) is 17.5 Å². The number of carbonyl (C=O) groups excluding carboxylic acids is 1. The van der Waals surface area contributed by atoms with E-state index < -0.39 is 6.10 Å². The molecule has 1 aromatic heterocycles. The van der Waals surface area contributed by atoms with Gasteiger partial charge >= 0.3 is 0 Å². The summed E-state index contributed by atoms with van der Waals surface area (Å²) < 4.78 is 13.1. The third-order valence-corrected chi connectivity index (χ3v) is 4.16. The highest BCUT2D eigenvalue weighted by molar-refractivity contribution is 5.95. The molecule has 1 aliphatic rings. The van der Waals surface area contributed by atoms with Gasteiger partial charge in [-0.05, 0) is 36.6 Å². The Hall–Kier alpha value is -2.47. The van der Waals surface area contributed by atoms with Crippen LogP contribution in [-0.4, -0.2) is 33.5 Å². The Balaban J connectivity index is 1.94. The molecule has 0 saturated carbocycles. The van der Waals surface area contributed by atoms with E-state index in [4.69, 9.17) is 0 Å². The number of nitrogens with zero attached hydrogens (tertiary/aromatic N) is 1. The first kappa shape index (κ1) is 15.4. The predicted octanol–water partition coefficient (Wildman–Crippen LogP) is 1.77. The van der Waals surface area contributed by atoms with Crippen molar-refractivity contribution in [3.05, 3.63) is 69.4 Å². The van der Waals surface area contributed by atoms with Crippen LogP contribution in [0.15, 0.2) is 41.3 Å². The van der Waals surface area contributed by atoms with E-state index in [-0.39, 0.29) is 29.9 Å². The van der Waals surface area contributed by atoms with Gasteiger partial charge in [0.25, 0.3) is 5.91 Å². The molecule has 3 rings (SSSR count). The van der Waals surface area contributed by atoms with Gasteiger partial charge in [-0.1, -0.05) is 12.1 Å². The lowest BCUT2D eigenvalue weighted by Gasteiger charge is -2.25. The minimum absolute atomic E-state index is 0.208. The Labute approximate surface area is 132 Å². The zero-order chi connectivity index (χ0) is 16.6. The van der Waals surface area contributed by atoms with Crippen LogP contribution in [0, 0.1) is 12.7 Å². The number of aliphatic hydroxyl groups excluding tert-OH is 1. The summed E-state index contributed by atoms with van der Waals surface area (Å²) in [4.78, 5) is 28.2. The second-order valence-electron chi connectivity index (χ2n) is 5.81. The van der Waals surface area contributed by atoms with E-state index in [1.165, 1.54) is 24.4 Å². The van der Waals surface area contributed by atoms with Crippen LogP contribution in [0.4, 0.5) is 4.39 Å². The van der Waals surface area contributed by atoms with Crippen molar-refractivity contribution in [2.24, 2.45) is 0 Å². The first-order valence-electron chi connectivity index (χ1n) is 7.39. The molecule has 23 heavy (non-hydrogen) atoms. The van der Waals surface area contributed by atoms with Crippen LogP contribution in [0.2, 0.25) is 0 Å². The number of aliphatic hydroxyl groups is 1. The summed E-state index contributed by atoms with van der Waals surface area (Å²) in [7, 11) is 0. The number of rotatable bonds is 2. The Morgan fingerprint density at radius 2 is 2.04 bits per heavy atom. The van der Waals surface area contributed by atoms with E-state index in [0.717, 1.165) is 5.56 Å². The van der Waals surface area contributed by atoms with Crippen LogP contribution in [0.25, 0.3) is 0 Å². The minimum Gasteiger partial charge on any atom is -0.391 e. The normalized spacial score (nSPS) is 20.7. The third-order valence-electron chi connectivity index (χ3n) is 4.16. The van der Waals surface area contributed by atoms with Gasteiger partial charge < -0.3 is 15.0 Å². The van der Waals surface area contributed by atoms with Crippen LogP contribution in [-0.2, 0) is 0 Å². The smallest absolute Gasteiger partial charge is 0.256 e. The molecule has 0 radical (unpaired) electrons. The lowest BCUT2D eigenvalue weighted by Crippen LogP contribution is -2.32. The first-order chi connectivity index (χ1) is 11.0. The molecule has 1 aromatic carbocycles. The fourth-order valence-corrected chi connectivity index (χ4v) is 3.00. The SMILES string of the molecule is Cc1cc(=O)[nH]cc1C(=O)N1CC(O)CC1c1ccc(F)cc1. The largest absolute Gasteiger partial charge is 0.391 e. The number of hydrogen-bond donors (Lipinski definition) is 2. The summed E-state index contributed by atoms with van der Waals surface area (Å²) >= 11 is 0. The van der Waals surface area contributed by atoms with E-state index >= 15 is 0 Å². The molecule has 1 fully saturated rings. The molecule has 0 aliphatic carbocycles. The lowest BCUT2D eigenvalue weighted by molar-refractivity contribution is 0.0714. The Bertz CT molecular complexity index is 785. The molecule has 2 heterocycles.